The lowest BCUT2D eigenvalue weighted by molar-refractivity contribution is -0.152. The van der Waals surface area contributed by atoms with Gasteiger partial charge in [0.1, 0.15) is 29.5 Å². The third-order valence-corrected chi connectivity index (χ3v) is 7.93. The Morgan fingerprint density at radius 1 is 1.24 bits per heavy atom. The minimum Gasteiger partial charge on any atom is -0.497 e. The first-order valence-electron chi connectivity index (χ1n) is 10.0. The summed E-state index contributed by atoms with van der Waals surface area (Å²) < 4.78 is 33.0. The number of nitrogens with zero attached hydrogens (tertiary/aromatic N) is 2. The zero-order chi connectivity index (χ0) is 24.2. The summed E-state index contributed by atoms with van der Waals surface area (Å²) in [5, 5.41) is 2.21. The van der Waals surface area contributed by atoms with Crippen LogP contribution in [0.3, 0.4) is 0 Å². The molecule has 2 aliphatic rings. The van der Waals surface area contributed by atoms with Crippen LogP contribution in [0.1, 0.15) is 5.56 Å². The van der Waals surface area contributed by atoms with Crippen LogP contribution in [0.25, 0.3) is 0 Å². The van der Waals surface area contributed by atoms with Crippen LogP contribution in [0.2, 0.25) is 0 Å². The molecular weight excluding hydrogens is 469 g/mol. The molecule has 0 radical (unpaired) electrons. The van der Waals surface area contributed by atoms with E-state index in [0.29, 0.717) is 17.1 Å². The molecule has 1 amide bonds. The van der Waals surface area contributed by atoms with Gasteiger partial charge >= 0.3 is 13.7 Å². The van der Waals surface area contributed by atoms with Gasteiger partial charge in [0.25, 0.3) is 0 Å². The first-order valence-corrected chi connectivity index (χ1v) is 12.6. The van der Waals surface area contributed by atoms with Crippen molar-refractivity contribution in [2.24, 2.45) is 0 Å². The molecule has 1 saturated heterocycles. The fraction of sp³-hybridized carbons (Fsp3) is 0.429. The number of carbonyl (C=O) groups is 2. The number of hydrogen-bond acceptors (Lipinski definition) is 9. The van der Waals surface area contributed by atoms with Crippen LogP contribution in [-0.4, -0.2) is 74.3 Å². The highest BCUT2D eigenvalue weighted by Crippen LogP contribution is 2.48. The third-order valence-electron chi connectivity index (χ3n) is 5.07. The predicted octanol–water partition coefficient (Wildman–Crippen LogP) is 2.34. The molecule has 2 atom stereocenters. The Kier molecular flexibility index (Phi) is 8.25. The molecular formula is C21H28N3O7PS. The summed E-state index contributed by atoms with van der Waals surface area (Å²) >= 11 is 1.45. The van der Waals surface area contributed by atoms with Gasteiger partial charge in [0.2, 0.25) is 5.91 Å². The van der Waals surface area contributed by atoms with Crippen LogP contribution in [0, 0.1) is 0 Å². The van der Waals surface area contributed by atoms with Crippen molar-refractivity contribution < 1.29 is 32.7 Å². The first kappa shape index (κ1) is 25.3. The number of hydrogen-bond donors (Lipinski definition) is 1. The van der Waals surface area contributed by atoms with Crippen molar-refractivity contribution in [3.8, 4) is 5.75 Å². The molecule has 2 unspecified atom stereocenters. The van der Waals surface area contributed by atoms with Crippen LogP contribution < -0.4 is 9.82 Å². The van der Waals surface area contributed by atoms with Crippen molar-refractivity contribution in [2.75, 3.05) is 41.2 Å². The predicted molar refractivity (Wildman–Crippen MR) is 124 cm³/mol. The molecule has 12 heteroatoms. The van der Waals surface area contributed by atoms with E-state index in [-0.39, 0.29) is 12.3 Å². The van der Waals surface area contributed by atoms with E-state index < -0.39 is 31.0 Å². The molecule has 33 heavy (non-hydrogen) atoms. The van der Waals surface area contributed by atoms with Gasteiger partial charge in [-0.3, -0.25) is 9.69 Å². The van der Waals surface area contributed by atoms with E-state index in [9.17, 15) is 14.2 Å². The zero-order valence-electron chi connectivity index (χ0n) is 19.1. The van der Waals surface area contributed by atoms with Crippen LogP contribution in [0.15, 0.2) is 47.8 Å². The molecule has 0 aromatic heterocycles. The average molecular weight is 498 g/mol. The Labute approximate surface area is 197 Å². The normalized spacial score (nSPS) is 20.5. The number of methoxy groups -OCH3 is 1. The molecule has 1 fully saturated rings. The standard InChI is InChI=1S/C21H28N3O7PS/c1-23(2)11-10-15-13-33-20-17(22-32(27,29-4)30-5)19(25)24(20)18(15)21(26)31-12-14-6-8-16(28-3)9-7-14/h6-11,17,20H,12-13H2,1-5H3,(H,22,27)/b11-10+. The van der Waals surface area contributed by atoms with Crippen molar-refractivity contribution in [1.82, 2.24) is 14.9 Å². The van der Waals surface area contributed by atoms with Gasteiger partial charge in [0.15, 0.2) is 0 Å². The number of ether oxygens (including phenoxy) is 2. The number of fused-ring (bicyclic) bond motifs is 1. The van der Waals surface area contributed by atoms with Crippen LogP contribution >= 0.6 is 19.5 Å². The van der Waals surface area contributed by atoms with E-state index in [1.54, 1.807) is 43.7 Å². The quantitative estimate of drug-likeness (QED) is 0.294. The van der Waals surface area contributed by atoms with Crippen molar-refractivity contribution in [2.45, 2.75) is 18.0 Å². The molecule has 0 saturated carbocycles. The third kappa shape index (κ3) is 5.62. The van der Waals surface area contributed by atoms with E-state index in [1.807, 2.05) is 19.0 Å². The maximum atomic E-state index is 13.1. The lowest BCUT2D eigenvalue weighted by atomic mass is 10.0. The number of nitrogens with one attached hydrogen (secondary N) is 1. The van der Waals surface area contributed by atoms with E-state index in [1.165, 1.54) is 30.9 Å². The van der Waals surface area contributed by atoms with Gasteiger partial charge in [-0.25, -0.2) is 14.4 Å². The van der Waals surface area contributed by atoms with Crippen molar-refractivity contribution in [3.05, 3.63) is 53.4 Å². The van der Waals surface area contributed by atoms with Crippen LogP contribution in [0.4, 0.5) is 0 Å². The zero-order valence-corrected chi connectivity index (χ0v) is 20.9. The second kappa shape index (κ2) is 10.8. The number of amides is 1. The van der Waals surface area contributed by atoms with Gasteiger partial charge in [-0.05, 0) is 35.5 Å². The van der Waals surface area contributed by atoms with E-state index in [0.717, 1.165) is 5.56 Å². The Morgan fingerprint density at radius 2 is 1.91 bits per heavy atom. The topological polar surface area (TPSA) is 107 Å². The number of β-lactam (4-membered cyclic amide) rings is 1. The molecule has 1 aromatic carbocycles. The first-order chi connectivity index (χ1) is 15.7. The molecule has 0 spiro atoms. The second-order valence-electron chi connectivity index (χ2n) is 7.46. The van der Waals surface area contributed by atoms with Crippen LogP contribution in [0.5, 0.6) is 5.75 Å². The van der Waals surface area contributed by atoms with E-state index >= 15 is 0 Å². The Morgan fingerprint density at radius 3 is 2.48 bits per heavy atom. The number of benzene rings is 1. The highest BCUT2D eigenvalue weighted by molar-refractivity contribution is 8.00. The molecule has 3 rings (SSSR count). The summed E-state index contributed by atoms with van der Waals surface area (Å²) in [7, 11) is 4.14. The maximum absolute atomic E-state index is 13.1. The summed E-state index contributed by atoms with van der Waals surface area (Å²) in [5.74, 6) is 0.149. The molecule has 1 N–H and O–H groups in total. The molecule has 180 valence electrons. The van der Waals surface area contributed by atoms with Crippen molar-refractivity contribution >= 4 is 31.4 Å². The smallest absolute Gasteiger partial charge is 0.405 e. The van der Waals surface area contributed by atoms with E-state index in [4.69, 9.17) is 18.5 Å². The minimum absolute atomic E-state index is 0.0427. The molecule has 1 aromatic rings. The SMILES string of the molecule is COc1ccc(COC(=O)C2=C(/C=C/N(C)C)CSC3C(NP(=O)(OC)OC)C(=O)N23)cc1. The van der Waals surface area contributed by atoms with Gasteiger partial charge in [-0.2, -0.15) is 0 Å². The molecule has 10 nitrogen and oxygen atoms in total. The fourth-order valence-electron chi connectivity index (χ4n) is 3.27. The Bertz CT molecular complexity index is 988. The second-order valence-corrected chi connectivity index (χ2v) is 10.5. The summed E-state index contributed by atoms with van der Waals surface area (Å²) in [6.07, 6.45) is 3.59. The fourth-order valence-corrected chi connectivity index (χ4v) is 5.65. The number of allylic oxidation sites excluding steroid dienone is 1. The van der Waals surface area contributed by atoms with Gasteiger partial charge in [-0.15, -0.1) is 11.8 Å². The van der Waals surface area contributed by atoms with Crippen molar-refractivity contribution in [3.63, 3.8) is 0 Å². The number of carbonyl (C=O) groups excluding carboxylic acids is 2. The highest BCUT2D eigenvalue weighted by Gasteiger charge is 2.55. The summed E-state index contributed by atoms with van der Waals surface area (Å²) in [6, 6.07) is 6.34. The summed E-state index contributed by atoms with van der Waals surface area (Å²) in [6.45, 7) is 0.0427. The van der Waals surface area contributed by atoms with E-state index in [2.05, 4.69) is 5.09 Å². The molecule has 0 bridgehead atoms. The largest absolute Gasteiger partial charge is 0.497 e. The molecule has 2 heterocycles. The maximum Gasteiger partial charge on any atom is 0.405 e. The number of esters is 1. The van der Waals surface area contributed by atoms with Crippen molar-refractivity contribution in [1.29, 1.82) is 0 Å². The van der Waals surface area contributed by atoms with Gasteiger partial charge < -0.3 is 23.4 Å². The highest BCUT2D eigenvalue weighted by atomic mass is 32.2. The number of thioether (sulfide) groups is 1. The lowest BCUT2D eigenvalue weighted by Gasteiger charge is -2.49. The minimum atomic E-state index is -3.62. The van der Waals surface area contributed by atoms with Crippen LogP contribution in [-0.2, 0) is 34.5 Å². The Balaban J connectivity index is 1.81. The summed E-state index contributed by atoms with van der Waals surface area (Å²) in [5.41, 5.74) is 1.63. The lowest BCUT2D eigenvalue weighted by Crippen LogP contribution is -2.69. The number of rotatable bonds is 10. The van der Waals surface area contributed by atoms with Gasteiger partial charge in [-0.1, -0.05) is 12.1 Å². The molecule has 0 aliphatic carbocycles. The Hall–Kier alpha value is -2.30. The average Bonchev–Trinajstić information content (AvgIpc) is 2.83. The summed E-state index contributed by atoms with van der Waals surface area (Å²) in [4.78, 5) is 29.3. The van der Waals surface area contributed by atoms with Gasteiger partial charge in [0, 0.05) is 34.1 Å². The monoisotopic (exact) mass is 497 g/mol. The van der Waals surface area contributed by atoms with Gasteiger partial charge in [0.05, 0.1) is 7.11 Å². The molecule has 2 aliphatic heterocycles.